The minimum absolute atomic E-state index is 0.0351. The summed E-state index contributed by atoms with van der Waals surface area (Å²) < 4.78 is 28.2. The SMILES string of the molecule is CC#Cc1cccc2c1C(N)=NS(=O)(=O)N2. The molecule has 0 saturated carbocycles. The van der Waals surface area contributed by atoms with E-state index in [1.165, 1.54) is 0 Å². The highest BCUT2D eigenvalue weighted by atomic mass is 32.2. The predicted octanol–water partition coefficient (Wildman–Crippen LogP) is 0.434. The Bertz CT molecular complexity index is 636. The van der Waals surface area contributed by atoms with Gasteiger partial charge in [-0.15, -0.1) is 10.3 Å². The molecule has 3 N–H and O–H groups in total. The van der Waals surface area contributed by atoms with Crippen LogP contribution in [0.15, 0.2) is 22.6 Å². The van der Waals surface area contributed by atoms with Gasteiger partial charge in [0, 0.05) is 5.56 Å². The smallest absolute Gasteiger partial charge is 0.344 e. The predicted molar refractivity (Wildman–Crippen MR) is 62.3 cm³/mol. The van der Waals surface area contributed by atoms with Crippen LogP contribution in [0.5, 0.6) is 0 Å². The van der Waals surface area contributed by atoms with Gasteiger partial charge in [0.15, 0.2) is 0 Å². The average Bonchev–Trinajstić information content (AvgIpc) is 2.15. The summed E-state index contributed by atoms with van der Waals surface area (Å²) in [5.74, 6) is 5.55. The van der Waals surface area contributed by atoms with Gasteiger partial charge in [-0.3, -0.25) is 4.72 Å². The van der Waals surface area contributed by atoms with Gasteiger partial charge in [0.05, 0.1) is 11.3 Å². The summed E-state index contributed by atoms with van der Waals surface area (Å²) in [4.78, 5) is 0. The van der Waals surface area contributed by atoms with E-state index in [1.54, 1.807) is 25.1 Å². The first-order valence-corrected chi connectivity index (χ1v) is 5.92. The molecule has 1 aromatic rings. The number of nitrogens with one attached hydrogen (secondary N) is 1. The Labute approximate surface area is 93.6 Å². The van der Waals surface area contributed by atoms with Crippen molar-refractivity contribution >= 4 is 21.7 Å². The number of nitrogens with zero attached hydrogens (tertiary/aromatic N) is 1. The Kier molecular flexibility index (Phi) is 2.33. The van der Waals surface area contributed by atoms with Crippen LogP contribution in [0.3, 0.4) is 0 Å². The number of fused-ring (bicyclic) bond motifs is 1. The first-order valence-electron chi connectivity index (χ1n) is 4.48. The van der Waals surface area contributed by atoms with E-state index in [1.807, 2.05) is 0 Å². The minimum Gasteiger partial charge on any atom is -0.382 e. The molecule has 16 heavy (non-hydrogen) atoms. The highest BCUT2D eigenvalue weighted by Crippen LogP contribution is 2.24. The lowest BCUT2D eigenvalue weighted by molar-refractivity contribution is 0.602. The fraction of sp³-hybridized carbons (Fsp3) is 0.100. The molecule has 0 aromatic heterocycles. The summed E-state index contributed by atoms with van der Waals surface area (Å²) in [6.45, 7) is 1.69. The van der Waals surface area contributed by atoms with E-state index in [-0.39, 0.29) is 5.84 Å². The largest absolute Gasteiger partial charge is 0.382 e. The zero-order valence-corrected chi connectivity index (χ0v) is 9.30. The first kappa shape index (κ1) is 10.5. The second-order valence-electron chi connectivity index (χ2n) is 3.16. The summed E-state index contributed by atoms with van der Waals surface area (Å²) in [6, 6.07) is 5.09. The van der Waals surface area contributed by atoms with E-state index in [2.05, 4.69) is 21.0 Å². The molecule has 0 amide bonds. The van der Waals surface area contributed by atoms with Crippen molar-refractivity contribution in [3.63, 3.8) is 0 Å². The number of amidine groups is 1. The summed E-state index contributed by atoms with van der Waals surface area (Å²) >= 11 is 0. The van der Waals surface area contributed by atoms with Crippen molar-refractivity contribution in [2.45, 2.75) is 6.92 Å². The molecule has 1 aliphatic rings. The lowest BCUT2D eigenvalue weighted by Crippen LogP contribution is -2.27. The molecule has 6 heteroatoms. The van der Waals surface area contributed by atoms with Crippen LogP contribution < -0.4 is 10.5 Å². The zero-order valence-electron chi connectivity index (χ0n) is 8.48. The van der Waals surface area contributed by atoms with Gasteiger partial charge in [0.1, 0.15) is 5.84 Å². The van der Waals surface area contributed by atoms with Crippen molar-refractivity contribution in [1.82, 2.24) is 0 Å². The van der Waals surface area contributed by atoms with Crippen molar-refractivity contribution < 1.29 is 8.42 Å². The number of nitrogens with two attached hydrogens (primary N) is 1. The molecule has 82 valence electrons. The Morgan fingerprint density at radius 3 is 2.88 bits per heavy atom. The molecule has 1 aromatic carbocycles. The Balaban J connectivity index is 2.73. The quantitative estimate of drug-likeness (QED) is 0.640. The highest BCUT2D eigenvalue weighted by molar-refractivity contribution is 7.91. The highest BCUT2D eigenvalue weighted by Gasteiger charge is 2.22. The minimum atomic E-state index is -3.71. The van der Waals surface area contributed by atoms with Crippen LogP contribution in [-0.2, 0) is 10.2 Å². The lowest BCUT2D eigenvalue weighted by atomic mass is 10.1. The molecule has 1 aliphatic heterocycles. The Morgan fingerprint density at radius 1 is 1.44 bits per heavy atom. The van der Waals surface area contributed by atoms with Crippen molar-refractivity contribution in [2.75, 3.05) is 4.72 Å². The normalized spacial score (nSPS) is 16.2. The molecular formula is C10H9N3O2S. The molecule has 0 bridgehead atoms. The third-order valence-corrected chi connectivity index (χ3v) is 2.95. The third-order valence-electron chi connectivity index (χ3n) is 2.04. The van der Waals surface area contributed by atoms with Gasteiger partial charge >= 0.3 is 10.2 Å². The number of hydrogen-bond donors (Lipinski definition) is 2. The van der Waals surface area contributed by atoms with E-state index in [0.29, 0.717) is 16.8 Å². The van der Waals surface area contributed by atoms with Gasteiger partial charge in [-0.1, -0.05) is 12.0 Å². The molecule has 0 radical (unpaired) electrons. The second-order valence-corrected chi connectivity index (χ2v) is 4.49. The van der Waals surface area contributed by atoms with Crippen molar-refractivity contribution in [3.8, 4) is 11.8 Å². The molecule has 0 atom stereocenters. The van der Waals surface area contributed by atoms with Crippen LogP contribution >= 0.6 is 0 Å². The summed E-state index contributed by atoms with van der Waals surface area (Å²) in [7, 11) is -3.71. The summed E-state index contributed by atoms with van der Waals surface area (Å²) in [6.07, 6.45) is 0. The summed E-state index contributed by atoms with van der Waals surface area (Å²) in [5, 5.41) is 0. The Hall–Kier alpha value is -2.00. The molecule has 0 unspecified atom stereocenters. The Morgan fingerprint density at radius 2 is 2.19 bits per heavy atom. The molecule has 0 aliphatic carbocycles. The van der Waals surface area contributed by atoms with Crippen LogP contribution in [0.1, 0.15) is 18.1 Å². The van der Waals surface area contributed by atoms with Gasteiger partial charge in [0.25, 0.3) is 0 Å². The molecule has 5 nitrogen and oxygen atoms in total. The van der Waals surface area contributed by atoms with Gasteiger partial charge in [-0.05, 0) is 19.1 Å². The van der Waals surface area contributed by atoms with Crippen molar-refractivity contribution in [2.24, 2.45) is 10.1 Å². The van der Waals surface area contributed by atoms with E-state index >= 15 is 0 Å². The monoisotopic (exact) mass is 235 g/mol. The van der Waals surface area contributed by atoms with Crippen LogP contribution in [0.25, 0.3) is 0 Å². The number of hydrogen-bond acceptors (Lipinski definition) is 3. The van der Waals surface area contributed by atoms with Crippen molar-refractivity contribution in [1.29, 1.82) is 0 Å². The first-order chi connectivity index (χ1) is 7.53. The maximum absolute atomic E-state index is 11.3. The topological polar surface area (TPSA) is 84.5 Å². The summed E-state index contributed by atoms with van der Waals surface area (Å²) in [5.41, 5.74) is 7.22. The number of anilines is 1. The average molecular weight is 235 g/mol. The molecule has 0 saturated heterocycles. The van der Waals surface area contributed by atoms with E-state index in [9.17, 15) is 8.42 Å². The molecular weight excluding hydrogens is 226 g/mol. The van der Waals surface area contributed by atoms with Crippen molar-refractivity contribution in [3.05, 3.63) is 29.3 Å². The maximum Gasteiger partial charge on any atom is 0.344 e. The van der Waals surface area contributed by atoms with E-state index in [0.717, 1.165) is 0 Å². The molecule has 0 spiro atoms. The molecule has 0 fully saturated rings. The zero-order chi connectivity index (χ0) is 11.8. The second kappa shape index (κ2) is 3.54. The third kappa shape index (κ3) is 1.73. The van der Waals surface area contributed by atoms with Gasteiger partial charge in [-0.2, -0.15) is 8.42 Å². The number of benzene rings is 1. The lowest BCUT2D eigenvalue weighted by Gasteiger charge is -2.16. The maximum atomic E-state index is 11.3. The van der Waals surface area contributed by atoms with Gasteiger partial charge in [0.2, 0.25) is 0 Å². The molecule has 1 heterocycles. The number of rotatable bonds is 0. The standard InChI is InChI=1S/C10H9N3O2S/c1-2-4-7-5-3-6-8-9(7)10(11)13-16(14,15)12-8/h3,5-6,12H,1H3,(H2,11,13). The molecule has 2 rings (SSSR count). The van der Waals surface area contributed by atoms with Crippen LogP contribution in [0.4, 0.5) is 5.69 Å². The van der Waals surface area contributed by atoms with Crippen LogP contribution in [0, 0.1) is 11.8 Å². The van der Waals surface area contributed by atoms with Crippen LogP contribution in [-0.4, -0.2) is 14.3 Å². The van der Waals surface area contributed by atoms with E-state index < -0.39 is 10.2 Å². The van der Waals surface area contributed by atoms with Gasteiger partial charge in [-0.25, -0.2) is 0 Å². The van der Waals surface area contributed by atoms with Gasteiger partial charge < -0.3 is 5.73 Å². The fourth-order valence-corrected chi connectivity index (χ4v) is 2.33. The van der Waals surface area contributed by atoms with Crippen LogP contribution in [0.2, 0.25) is 0 Å². The fourth-order valence-electron chi connectivity index (χ4n) is 1.49. The van der Waals surface area contributed by atoms with E-state index in [4.69, 9.17) is 5.73 Å².